The summed E-state index contributed by atoms with van der Waals surface area (Å²) < 4.78 is 10.2. The van der Waals surface area contributed by atoms with E-state index in [0.717, 1.165) is 24.4 Å². The summed E-state index contributed by atoms with van der Waals surface area (Å²) in [5, 5.41) is 3.23. The molecule has 0 unspecified atom stereocenters. The maximum Gasteiger partial charge on any atom is 0.337 e. The highest BCUT2D eigenvalue weighted by molar-refractivity contribution is 5.90. The molecule has 1 aliphatic heterocycles. The highest BCUT2D eigenvalue weighted by Crippen LogP contribution is 2.27. The van der Waals surface area contributed by atoms with Crippen molar-refractivity contribution in [1.29, 1.82) is 0 Å². The lowest BCUT2D eigenvalue weighted by Crippen LogP contribution is -2.02. The van der Waals surface area contributed by atoms with Gasteiger partial charge in [-0.05, 0) is 24.6 Å². The summed E-state index contributed by atoms with van der Waals surface area (Å²) in [6, 6.07) is 5.28. The van der Waals surface area contributed by atoms with E-state index in [1.54, 1.807) is 12.1 Å². The van der Waals surface area contributed by atoms with E-state index in [1.807, 2.05) is 6.07 Å². The molecule has 0 aromatic heterocycles. The zero-order valence-electron chi connectivity index (χ0n) is 8.58. The van der Waals surface area contributed by atoms with E-state index in [2.05, 4.69) is 10.1 Å². The second-order valence-electron chi connectivity index (χ2n) is 3.33. The third-order valence-electron chi connectivity index (χ3n) is 2.30. The lowest BCUT2D eigenvalue weighted by molar-refractivity contribution is 0.0600. The first-order valence-corrected chi connectivity index (χ1v) is 4.90. The maximum atomic E-state index is 11.3. The van der Waals surface area contributed by atoms with E-state index in [0.29, 0.717) is 12.2 Å². The molecule has 0 saturated carbocycles. The van der Waals surface area contributed by atoms with Crippen molar-refractivity contribution in [1.82, 2.24) is 0 Å². The molecule has 0 spiro atoms. The van der Waals surface area contributed by atoms with Crippen LogP contribution >= 0.6 is 0 Å². The Morgan fingerprint density at radius 2 is 2.40 bits per heavy atom. The molecule has 4 nitrogen and oxygen atoms in total. The van der Waals surface area contributed by atoms with Gasteiger partial charge in [0.05, 0.1) is 25.0 Å². The molecular formula is C11H13NO3. The second kappa shape index (κ2) is 4.21. The number of ether oxygens (including phenoxy) is 2. The van der Waals surface area contributed by atoms with Crippen LogP contribution in [0.2, 0.25) is 0 Å². The molecular weight excluding hydrogens is 194 g/mol. The van der Waals surface area contributed by atoms with Gasteiger partial charge in [-0.1, -0.05) is 0 Å². The molecule has 1 aromatic rings. The zero-order valence-corrected chi connectivity index (χ0v) is 8.58. The zero-order chi connectivity index (χ0) is 10.7. The number of methoxy groups -OCH3 is 1. The minimum absolute atomic E-state index is 0.342. The molecule has 2 rings (SSSR count). The molecule has 15 heavy (non-hydrogen) atoms. The number of anilines is 1. The van der Waals surface area contributed by atoms with E-state index >= 15 is 0 Å². The van der Waals surface area contributed by atoms with E-state index in [-0.39, 0.29) is 5.97 Å². The number of benzene rings is 1. The van der Waals surface area contributed by atoms with Crippen molar-refractivity contribution >= 4 is 11.7 Å². The Balaban J connectivity index is 2.31. The lowest BCUT2D eigenvalue weighted by Gasteiger charge is -2.08. The van der Waals surface area contributed by atoms with E-state index in [4.69, 9.17) is 4.74 Å². The van der Waals surface area contributed by atoms with Crippen molar-refractivity contribution in [2.75, 3.05) is 25.6 Å². The van der Waals surface area contributed by atoms with Gasteiger partial charge >= 0.3 is 5.97 Å². The highest BCUT2D eigenvalue weighted by atomic mass is 16.5. The largest absolute Gasteiger partial charge is 0.491 e. The van der Waals surface area contributed by atoms with Crippen molar-refractivity contribution < 1.29 is 14.3 Å². The van der Waals surface area contributed by atoms with Crippen LogP contribution in [0.3, 0.4) is 0 Å². The number of nitrogens with one attached hydrogen (secondary N) is 1. The van der Waals surface area contributed by atoms with Crippen molar-refractivity contribution in [3.63, 3.8) is 0 Å². The quantitative estimate of drug-likeness (QED) is 0.711. The van der Waals surface area contributed by atoms with Gasteiger partial charge in [-0.15, -0.1) is 0 Å². The van der Waals surface area contributed by atoms with E-state index in [1.165, 1.54) is 7.11 Å². The average Bonchev–Trinajstić information content (AvgIpc) is 2.51. The Labute approximate surface area is 88.2 Å². The highest BCUT2D eigenvalue weighted by Gasteiger charge is 2.12. The van der Waals surface area contributed by atoms with Crippen LogP contribution in [-0.4, -0.2) is 26.2 Å². The fourth-order valence-electron chi connectivity index (χ4n) is 1.51. The fraction of sp³-hybridized carbons (Fsp3) is 0.364. The first kappa shape index (κ1) is 9.83. The molecule has 0 radical (unpaired) electrons. The van der Waals surface area contributed by atoms with Gasteiger partial charge in [-0.2, -0.15) is 0 Å². The average molecular weight is 207 g/mol. The van der Waals surface area contributed by atoms with Crippen LogP contribution in [0.5, 0.6) is 5.75 Å². The third-order valence-corrected chi connectivity index (χ3v) is 2.30. The molecule has 0 aliphatic carbocycles. The summed E-state index contributed by atoms with van der Waals surface area (Å²) in [4.78, 5) is 11.3. The summed E-state index contributed by atoms with van der Waals surface area (Å²) in [6.07, 6.45) is 0.961. The van der Waals surface area contributed by atoms with Crippen molar-refractivity contribution in [2.24, 2.45) is 0 Å². The number of esters is 1. The Kier molecular flexibility index (Phi) is 2.76. The van der Waals surface area contributed by atoms with Crippen LogP contribution in [0.15, 0.2) is 18.2 Å². The Morgan fingerprint density at radius 3 is 3.20 bits per heavy atom. The molecule has 0 amide bonds. The topological polar surface area (TPSA) is 47.6 Å². The number of hydrogen-bond acceptors (Lipinski definition) is 4. The van der Waals surface area contributed by atoms with Gasteiger partial charge in [0, 0.05) is 6.54 Å². The maximum absolute atomic E-state index is 11.3. The summed E-state index contributed by atoms with van der Waals surface area (Å²) >= 11 is 0. The van der Waals surface area contributed by atoms with Crippen LogP contribution in [0.4, 0.5) is 5.69 Å². The molecule has 0 bridgehead atoms. The van der Waals surface area contributed by atoms with Gasteiger partial charge in [0.2, 0.25) is 0 Å². The molecule has 80 valence electrons. The van der Waals surface area contributed by atoms with Crippen LogP contribution in [0.1, 0.15) is 16.8 Å². The first-order valence-electron chi connectivity index (χ1n) is 4.90. The lowest BCUT2D eigenvalue weighted by atomic mass is 10.2. The second-order valence-corrected chi connectivity index (χ2v) is 3.33. The van der Waals surface area contributed by atoms with Crippen molar-refractivity contribution in [3.05, 3.63) is 23.8 Å². The normalized spacial score (nSPS) is 14.2. The molecule has 0 fully saturated rings. The molecule has 0 atom stereocenters. The third kappa shape index (κ3) is 2.03. The fourth-order valence-corrected chi connectivity index (χ4v) is 1.51. The summed E-state index contributed by atoms with van der Waals surface area (Å²) in [5.74, 6) is 0.376. The predicted octanol–water partition coefficient (Wildman–Crippen LogP) is 1.67. The number of rotatable bonds is 1. The van der Waals surface area contributed by atoms with Gasteiger partial charge in [0.15, 0.2) is 0 Å². The Hall–Kier alpha value is -1.71. The van der Waals surface area contributed by atoms with Gasteiger partial charge in [-0.3, -0.25) is 0 Å². The van der Waals surface area contributed by atoms with Crippen molar-refractivity contribution in [3.8, 4) is 5.75 Å². The Bertz CT molecular complexity index is 376. The number of carbonyl (C=O) groups excluding carboxylic acids is 1. The minimum Gasteiger partial charge on any atom is -0.491 e. The number of hydrogen-bond donors (Lipinski definition) is 1. The van der Waals surface area contributed by atoms with Gasteiger partial charge in [0.1, 0.15) is 5.75 Å². The summed E-state index contributed by atoms with van der Waals surface area (Å²) in [5.41, 5.74) is 1.44. The van der Waals surface area contributed by atoms with Crippen LogP contribution < -0.4 is 10.1 Å². The molecule has 1 N–H and O–H groups in total. The minimum atomic E-state index is -0.342. The standard InChI is InChI=1S/C11H13NO3/c1-14-11(13)8-3-4-9-10(7-8)15-6-2-5-12-9/h3-4,7,12H,2,5-6H2,1H3. The molecule has 4 heteroatoms. The number of carbonyl (C=O) groups is 1. The first-order chi connectivity index (χ1) is 7.31. The molecule has 1 aliphatic rings. The van der Waals surface area contributed by atoms with E-state index < -0.39 is 0 Å². The summed E-state index contributed by atoms with van der Waals surface area (Å²) in [7, 11) is 1.37. The van der Waals surface area contributed by atoms with Crippen molar-refractivity contribution in [2.45, 2.75) is 6.42 Å². The molecule has 1 heterocycles. The van der Waals surface area contributed by atoms with Crippen LogP contribution in [0.25, 0.3) is 0 Å². The summed E-state index contributed by atoms with van der Waals surface area (Å²) in [6.45, 7) is 1.56. The van der Waals surface area contributed by atoms with Gasteiger partial charge in [0.25, 0.3) is 0 Å². The number of fused-ring (bicyclic) bond motifs is 1. The van der Waals surface area contributed by atoms with Crippen LogP contribution in [-0.2, 0) is 4.74 Å². The van der Waals surface area contributed by atoms with Crippen LogP contribution in [0, 0.1) is 0 Å². The van der Waals surface area contributed by atoms with Gasteiger partial charge < -0.3 is 14.8 Å². The SMILES string of the molecule is COC(=O)c1ccc2c(c1)OCCCN2. The monoisotopic (exact) mass is 207 g/mol. The van der Waals surface area contributed by atoms with E-state index in [9.17, 15) is 4.79 Å². The molecule has 1 aromatic carbocycles. The predicted molar refractivity (Wildman–Crippen MR) is 56.4 cm³/mol. The van der Waals surface area contributed by atoms with Gasteiger partial charge in [-0.25, -0.2) is 4.79 Å². The Morgan fingerprint density at radius 1 is 1.53 bits per heavy atom. The molecule has 0 saturated heterocycles. The smallest absolute Gasteiger partial charge is 0.337 e.